The molecule has 0 spiro atoms. The number of unbranched alkanes of at least 4 members (excludes halogenated alkanes) is 1. The first kappa shape index (κ1) is 47.8. The minimum absolute atomic E-state index is 0.133. The molecule has 3 aliphatic heterocycles. The lowest BCUT2D eigenvalue weighted by Crippen LogP contribution is -2.52. The average Bonchev–Trinajstić information content (AvgIpc) is 3.62. The van der Waals surface area contributed by atoms with Gasteiger partial charge >= 0.3 is 12.1 Å². The minimum Gasteiger partial charge on any atom is -0.444 e. The average molecular weight is 931 g/mol. The van der Waals surface area contributed by atoms with E-state index in [9.17, 15) is 28.8 Å². The third kappa shape index (κ3) is 12.6. The zero-order valence-electron chi connectivity index (χ0n) is 37.8. The zero-order valence-corrected chi connectivity index (χ0v) is 38.6. The summed E-state index contributed by atoms with van der Waals surface area (Å²) in [5.74, 6) is 5.67. The first-order chi connectivity index (χ1) is 32.1. The molecule has 350 valence electrons. The van der Waals surface area contributed by atoms with Gasteiger partial charge < -0.3 is 41.1 Å². The Morgan fingerprint density at radius 1 is 0.970 bits per heavy atom. The van der Waals surface area contributed by atoms with Gasteiger partial charge in [-0.25, -0.2) is 14.6 Å². The molecule has 2 saturated heterocycles. The molecule has 0 radical (unpaired) electrons. The van der Waals surface area contributed by atoms with Crippen LogP contribution in [0.2, 0.25) is 5.02 Å². The molecular weight excluding hydrogens is 876 g/mol. The third-order valence-corrected chi connectivity index (χ3v) is 11.9. The van der Waals surface area contributed by atoms with Gasteiger partial charge in [-0.15, -0.1) is 0 Å². The fraction of sp³-hybridized carbons (Fsp3) is 0.388. The van der Waals surface area contributed by atoms with Crippen molar-refractivity contribution in [2.75, 3.05) is 43.4 Å². The van der Waals surface area contributed by atoms with E-state index < -0.39 is 29.6 Å². The highest BCUT2D eigenvalue weighted by molar-refractivity contribution is 6.33. The van der Waals surface area contributed by atoms with Gasteiger partial charge in [-0.2, -0.15) is 4.98 Å². The van der Waals surface area contributed by atoms with Crippen LogP contribution in [-0.2, 0) is 20.9 Å². The van der Waals surface area contributed by atoms with E-state index in [0.717, 1.165) is 29.7 Å². The second-order valence-corrected chi connectivity index (χ2v) is 18.1. The number of nitrogens with two attached hydrogens (primary N) is 1. The zero-order chi connectivity index (χ0) is 47.7. The number of nitrogens with one attached hydrogen (secondary N) is 4. The number of aromatic nitrogens is 2. The van der Waals surface area contributed by atoms with E-state index in [0.29, 0.717) is 87.0 Å². The number of hydrogen-bond acceptors (Lipinski definition) is 11. The van der Waals surface area contributed by atoms with Crippen molar-refractivity contribution in [1.82, 2.24) is 35.3 Å². The number of rotatable bonds is 14. The number of para-hydroxylation sites is 1. The molecule has 7 rings (SSSR count). The van der Waals surface area contributed by atoms with E-state index in [1.807, 2.05) is 43.9 Å². The summed E-state index contributed by atoms with van der Waals surface area (Å²) in [4.78, 5) is 89.0. The van der Waals surface area contributed by atoms with Crippen LogP contribution < -0.4 is 27.0 Å². The summed E-state index contributed by atoms with van der Waals surface area (Å²) in [6, 6.07) is 19.4. The number of likely N-dealkylation sites (tertiary alicyclic amines) is 1. The molecule has 0 bridgehead atoms. The molecule has 7 amide bonds. The molecule has 4 heterocycles. The largest absolute Gasteiger partial charge is 0.444 e. The number of carbonyl (C=O) groups excluding carboxylic acids is 6. The van der Waals surface area contributed by atoms with Crippen LogP contribution in [0.3, 0.4) is 0 Å². The van der Waals surface area contributed by atoms with Crippen LogP contribution in [0.5, 0.6) is 0 Å². The first-order valence-corrected chi connectivity index (χ1v) is 22.8. The normalized spacial score (nSPS) is 16.1. The number of imide groups is 1. The van der Waals surface area contributed by atoms with Crippen molar-refractivity contribution in [1.29, 1.82) is 0 Å². The number of hydrogen-bond donors (Lipinski definition) is 5. The van der Waals surface area contributed by atoms with E-state index in [1.54, 1.807) is 41.3 Å². The SMILES string of the molecule is CC(C)(C)OC(=O)N(CCCC#Cc1ccc2c(c1)CN(C1CCC(=O)NC1=O)C2=O)CCCNC(=O)N1CCC(c2ccc(Nc3ncc(Cl)c(Nc4ccccc4C(N)=O)n3)cc2)CC1. The second-order valence-electron chi connectivity index (χ2n) is 17.7. The molecule has 1 aromatic heterocycles. The third-order valence-electron chi connectivity index (χ3n) is 11.6. The van der Waals surface area contributed by atoms with Crippen molar-refractivity contribution in [2.24, 2.45) is 5.73 Å². The molecule has 2 fully saturated rings. The van der Waals surface area contributed by atoms with Crippen LogP contribution in [0.25, 0.3) is 0 Å². The lowest BCUT2D eigenvalue weighted by atomic mass is 9.89. The van der Waals surface area contributed by atoms with Crippen LogP contribution in [-0.4, -0.2) is 105 Å². The fourth-order valence-corrected chi connectivity index (χ4v) is 8.34. The van der Waals surface area contributed by atoms with Crippen LogP contribution >= 0.6 is 11.6 Å². The Kier molecular flexibility index (Phi) is 15.3. The summed E-state index contributed by atoms with van der Waals surface area (Å²) in [6.45, 7) is 8.17. The predicted octanol–water partition coefficient (Wildman–Crippen LogP) is 6.83. The highest BCUT2D eigenvalue weighted by Crippen LogP contribution is 2.31. The van der Waals surface area contributed by atoms with Gasteiger partial charge in [-0.3, -0.25) is 24.5 Å². The van der Waals surface area contributed by atoms with Crippen LogP contribution in [0, 0.1) is 11.8 Å². The van der Waals surface area contributed by atoms with Gasteiger partial charge in [-0.05, 0) is 112 Å². The second kappa shape index (κ2) is 21.4. The number of nitrogens with zero attached hydrogens (tertiary/aromatic N) is 5. The first-order valence-electron chi connectivity index (χ1n) is 22.4. The van der Waals surface area contributed by atoms with Crippen LogP contribution in [0.15, 0.2) is 72.9 Å². The van der Waals surface area contributed by atoms with E-state index in [4.69, 9.17) is 22.1 Å². The van der Waals surface area contributed by atoms with Gasteiger partial charge in [0.1, 0.15) is 16.7 Å². The summed E-state index contributed by atoms with van der Waals surface area (Å²) in [5.41, 5.74) is 9.64. The fourth-order valence-electron chi connectivity index (χ4n) is 8.21. The van der Waals surface area contributed by atoms with Crippen molar-refractivity contribution in [3.05, 3.63) is 106 Å². The summed E-state index contributed by atoms with van der Waals surface area (Å²) < 4.78 is 5.69. The lowest BCUT2D eigenvalue weighted by Gasteiger charge is -2.32. The number of primary amides is 1. The molecule has 3 aliphatic rings. The maximum atomic E-state index is 13.2. The van der Waals surface area contributed by atoms with Crippen molar-refractivity contribution in [2.45, 2.75) is 89.8 Å². The molecule has 4 aromatic rings. The standard InChI is InChI=1S/C49H55ClN10O7/c1-49(2,3)67-48(66)59(24-8-4-5-10-31-13-18-36-34(28-31)30-60(45(36)64)40-19-20-41(61)56-44(40)63)25-9-23-52-47(65)58-26-21-33(22-27-58)32-14-16-35(17-15-32)54-46-53-29-38(50)43(57-46)55-39-12-7-6-11-37(39)42(51)62/h6-7,11-18,28-29,33,40H,4,8-9,19-27,30H2,1-3H3,(H2,51,62)(H,52,65)(H,56,61,63)(H2,53,54,55,57). The summed E-state index contributed by atoms with van der Waals surface area (Å²) in [6.07, 6.45) is 4.83. The molecule has 67 heavy (non-hydrogen) atoms. The quantitative estimate of drug-likeness (QED) is 0.0501. The van der Waals surface area contributed by atoms with E-state index in [1.165, 1.54) is 16.7 Å². The van der Waals surface area contributed by atoms with Crippen molar-refractivity contribution < 1.29 is 33.5 Å². The van der Waals surface area contributed by atoms with Gasteiger partial charge in [0, 0.05) is 68.9 Å². The molecule has 3 aromatic carbocycles. The number of urea groups is 1. The maximum absolute atomic E-state index is 13.2. The number of halogens is 1. The summed E-state index contributed by atoms with van der Waals surface area (Å²) in [5, 5.41) is 11.9. The Morgan fingerprint density at radius 2 is 1.72 bits per heavy atom. The van der Waals surface area contributed by atoms with Gasteiger partial charge in [0.2, 0.25) is 17.8 Å². The molecule has 17 nitrogen and oxygen atoms in total. The van der Waals surface area contributed by atoms with Crippen molar-refractivity contribution in [3.63, 3.8) is 0 Å². The maximum Gasteiger partial charge on any atom is 0.410 e. The van der Waals surface area contributed by atoms with Crippen LogP contribution in [0.1, 0.15) is 109 Å². The number of carbonyl (C=O) groups is 6. The highest BCUT2D eigenvalue weighted by Gasteiger charge is 2.39. The molecule has 0 aliphatic carbocycles. The van der Waals surface area contributed by atoms with Gasteiger partial charge in [0.25, 0.3) is 11.8 Å². The number of benzene rings is 3. The number of ether oxygens (including phenoxy) is 1. The predicted molar refractivity (Wildman–Crippen MR) is 253 cm³/mol. The Hall–Kier alpha value is -7.19. The van der Waals surface area contributed by atoms with Gasteiger partial charge in [-0.1, -0.05) is 47.7 Å². The van der Waals surface area contributed by atoms with Crippen LogP contribution in [0.4, 0.5) is 32.7 Å². The summed E-state index contributed by atoms with van der Waals surface area (Å²) in [7, 11) is 0. The molecular formula is C49H55ClN10O7. The molecule has 0 saturated carbocycles. The number of piperidine rings is 2. The Balaban J connectivity index is 0.834. The number of fused-ring (bicyclic) bond motifs is 1. The molecule has 1 atom stereocenters. The topological polar surface area (TPSA) is 221 Å². The Labute approximate surface area is 394 Å². The Morgan fingerprint density at radius 3 is 2.45 bits per heavy atom. The van der Waals surface area contributed by atoms with Gasteiger partial charge in [0.15, 0.2) is 5.82 Å². The Bertz CT molecular complexity index is 2580. The van der Waals surface area contributed by atoms with E-state index in [-0.39, 0.29) is 41.8 Å². The van der Waals surface area contributed by atoms with E-state index >= 15 is 0 Å². The number of anilines is 4. The molecule has 1 unspecified atom stereocenters. The highest BCUT2D eigenvalue weighted by atomic mass is 35.5. The molecule has 6 N–H and O–H groups in total. The van der Waals surface area contributed by atoms with Crippen molar-refractivity contribution >= 4 is 70.5 Å². The van der Waals surface area contributed by atoms with Gasteiger partial charge in [0.05, 0.1) is 17.4 Å². The minimum atomic E-state index is -0.676. The number of amides is 7. The smallest absolute Gasteiger partial charge is 0.410 e. The monoisotopic (exact) mass is 930 g/mol. The lowest BCUT2D eigenvalue weighted by molar-refractivity contribution is -0.136. The van der Waals surface area contributed by atoms with Crippen molar-refractivity contribution in [3.8, 4) is 11.8 Å². The van der Waals surface area contributed by atoms with E-state index in [2.05, 4.69) is 55.2 Å². The summed E-state index contributed by atoms with van der Waals surface area (Å²) >= 11 is 6.36. The molecule has 18 heteroatoms.